The minimum absolute atomic E-state index is 0.660. The van der Waals surface area contributed by atoms with Crippen molar-refractivity contribution < 1.29 is 0 Å². The number of piperidine rings is 1. The summed E-state index contributed by atoms with van der Waals surface area (Å²) >= 11 is 1.28. The van der Waals surface area contributed by atoms with Crippen LogP contribution < -0.4 is 5.32 Å². The SMILES string of the molecule is CN1CCC(NCc2cnsn2)CC1. The van der Waals surface area contributed by atoms with E-state index in [9.17, 15) is 0 Å². The molecular formula is C9H16N4S. The Morgan fingerprint density at radius 3 is 3.00 bits per heavy atom. The molecule has 0 saturated carbocycles. The standard InChI is InChI=1S/C9H16N4S/c1-13-4-2-8(3-5-13)10-6-9-7-11-14-12-9/h7-8,10H,2-6H2,1H3. The predicted octanol–water partition coefficient (Wildman–Crippen LogP) is 0.722. The summed E-state index contributed by atoms with van der Waals surface area (Å²) in [7, 11) is 2.18. The number of nitrogens with zero attached hydrogens (tertiary/aromatic N) is 3. The molecule has 0 aliphatic carbocycles. The van der Waals surface area contributed by atoms with Gasteiger partial charge >= 0.3 is 0 Å². The molecule has 1 aliphatic rings. The van der Waals surface area contributed by atoms with Crippen molar-refractivity contribution in [1.82, 2.24) is 19.0 Å². The number of rotatable bonds is 3. The van der Waals surface area contributed by atoms with Crippen molar-refractivity contribution in [2.45, 2.75) is 25.4 Å². The Hall–Kier alpha value is -0.520. The average molecular weight is 212 g/mol. The summed E-state index contributed by atoms with van der Waals surface area (Å²) in [5.41, 5.74) is 1.06. The lowest BCUT2D eigenvalue weighted by Crippen LogP contribution is -2.40. The fourth-order valence-corrected chi connectivity index (χ4v) is 2.16. The van der Waals surface area contributed by atoms with Gasteiger partial charge in [-0.15, -0.1) is 0 Å². The maximum Gasteiger partial charge on any atom is 0.0880 e. The van der Waals surface area contributed by atoms with Crippen molar-refractivity contribution in [2.75, 3.05) is 20.1 Å². The van der Waals surface area contributed by atoms with Crippen LogP contribution >= 0.6 is 11.7 Å². The Morgan fingerprint density at radius 2 is 2.36 bits per heavy atom. The van der Waals surface area contributed by atoms with Gasteiger partial charge in [-0.2, -0.15) is 8.75 Å². The van der Waals surface area contributed by atoms with Gasteiger partial charge in [0.1, 0.15) is 0 Å². The third-order valence-electron chi connectivity index (χ3n) is 2.70. The Balaban J connectivity index is 1.71. The predicted molar refractivity (Wildman–Crippen MR) is 57.3 cm³/mol. The van der Waals surface area contributed by atoms with E-state index in [0.29, 0.717) is 6.04 Å². The molecule has 1 aromatic rings. The molecule has 0 spiro atoms. The molecule has 1 fully saturated rings. The quantitative estimate of drug-likeness (QED) is 0.801. The van der Waals surface area contributed by atoms with Gasteiger partial charge in [-0.3, -0.25) is 0 Å². The van der Waals surface area contributed by atoms with E-state index in [1.807, 2.05) is 6.20 Å². The van der Waals surface area contributed by atoms with Gasteiger partial charge in [0.2, 0.25) is 0 Å². The second kappa shape index (κ2) is 4.82. The summed E-state index contributed by atoms with van der Waals surface area (Å²) in [5, 5.41) is 3.52. The van der Waals surface area contributed by atoms with E-state index < -0.39 is 0 Å². The normalized spacial score (nSPS) is 20.1. The molecule has 78 valence electrons. The van der Waals surface area contributed by atoms with Gasteiger partial charge in [0.05, 0.1) is 23.6 Å². The van der Waals surface area contributed by atoms with E-state index in [1.54, 1.807) is 0 Å². The van der Waals surface area contributed by atoms with Gasteiger partial charge < -0.3 is 10.2 Å². The van der Waals surface area contributed by atoms with Crippen LogP contribution in [0.15, 0.2) is 6.20 Å². The number of hydrogen-bond donors (Lipinski definition) is 1. The van der Waals surface area contributed by atoms with E-state index in [1.165, 1.54) is 37.7 Å². The van der Waals surface area contributed by atoms with Crippen molar-refractivity contribution >= 4 is 11.7 Å². The van der Waals surface area contributed by atoms with Gasteiger partial charge in [-0.1, -0.05) is 0 Å². The van der Waals surface area contributed by atoms with Gasteiger partial charge in [-0.05, 0) is 33.0 Å². The van der Waals surface area contributed by atoms with Gasteiger partial charge in [0.25, 0.3) is 0 Å². The molecule has 1 saturated heterocycles. The number of nitrogens with one attached hydrogen (secondary N) is 1. The van der Waals surface area contributed by atoms with E-state index >= 15 is 0 Å². The zero-order valence-electron chi connectivity index (χ0n) is 8.44. The van der Waals surface area contributed by atoms with Gasteiger partial charge in [0.15, 0.2) is 0 Å². The van der Waals surface area contributed by atoms with Crippen molar-refractivity contribution in [3.8, 4) is 0 Å². The molecule has 1 N–H and O–H groups in total. The number of hydrogen-bond acceptors (Lipinski definition) is 5. The Labute approximate surface area is 88.7 Å². The van der Waals surface area contributed by atoms with Gasteiger partial charge in [0, 0.05) is 12.6 Å². The average Bonchev–Trinajstić information content (AvgIpc) is 2.70. The van der Waals surface area contributed by atoms with Crippen LogP contribution in [-0.4, -0.2) is 39.8 Å². The summed E-state index contributed by atoms with van der Waals surface area (Å²) in [5.74, 6) is 0. The van der Waals surface area contributed by atoms with Crippen molar-refractivity contribution in [3.63, 3.8) is 0 Å². The largest absolute Gasteiger partial charge is 0.308 e. The minimum Gasteiger partial charge on any atom is -0.308 e. The first-order chi connectivity index (χ1) is 6.84. The zero-order valence-corrected chi connectivity index (χ0v) is 9.26. The van der Waals surface area contributed by atoms with Crippen LogP contribution in [0.4, 0.5) is 0 Å². The molecule has 4 nitrogen and oxygen atoms in total. The summed E-state index contributed by atoms with van der Waals surface area (Å²) in [6.45, 7) is 3.27. The van der Waals surface area contributed by atoms with Crippen LogP contribution in [0, 0.1) is 0 Å². The van der Waals surface area contributed by atoms with Crippen LogP contribution in [-0.2, 0) is 6.54 Å². The highest BCUT2D eigenvalue weighted by Crippen LogP contribution is 2.08. The van der Waals surface area contributed by atoms with Crippen molar-refractivity contribution in [2.24, 2.45) is 0 Å². The summed E-state index contributed by atoms with van der Waals surface area (Å²) < 4.78 is 8.15. The maximum absolute atomic E-state index is 4.17. The van der Waals surface area contributed by atoms with E-state index in [2.05, 4.69) is 26.0 Å². The van der Waals surface area contributed by atoms with E-state index in [4.69, 9.17) is 0 Å². The summed E-state index contributed by atoms with van der Waals surface area (Å²) in [6, 6.07) is 0.660. The highest BCUT2D eigenvalue weighted by atomic mass is 32.1. The van der Waals surface area contributed by atoms with Crippen LogP contribution in [0.5, 0.6) is 0 Å². The molecule has 1 aliphatic heterocycles. The number of likely N-dealkylation sites (tertiary alicyclic amines) is 1. The monoisotopic (exact) mass is 212 g/mol. The topological polar surface area (TPSA) is 41.0 Å². The Bertz CT molecular complexity index is 254. The molecule has 1 aromatic heterocycles. The third kappa shape index (κ3) is 2.73. The first kappa shape index (κ1) is 10.0. The molecule has 5 heteroatoms. The molecule has 0 bridgehead atoms. The Morgan fingerprint density at radius 1 is 1.57 bits per heavy atom. The van der Waals surface area contributed by atoms with Gasteiger partial charge in [-0.25, -0.2) is 0 Å². The summed E-state index contributed by atoms with van der Waals surface area (Å²) in [4.78, 5) is 2.38. The van der Waals surface area contributed by atoms with E-state index in [0.717, 1.165) is 12.2 Å². The number of aromatic nitrogens is 2. The molecule has 0 radical (unpaired) electrons. The third-order valence-corrected chi connectivity index (χ3v) is 3.21. The summed E-state index contributed by atoms with van der Waals surface area (Å²) in [6.07, 6.45) is 4.33. The molecule has 2 heterocycles. The van der Waals surface area contributed by atoms with Crippen molar-refractivity contribution in [3.05, 3.63) is 11.9 Å². The molecule has 0 aromatic carbocycles. The molecule has 14 heavy (non-hydrogen) atoms. The highest BCUT2D eigenvalue weighted by Gasteiger charge is 2.15. The smallest absolute Gasteiger partial charge is 0.0880 e. The zero-order chi connectivity index (χ0) is 9.80. The fraction of sp³-hybridized carbons (Fsp3) is 0.778. The lowest BCUT2D eigenvalue weighted by atomic mass is 10.1. The first-order valence-corrected chi connectivity index (χ1v) is 5.76. The van der Waals surface area contributed by atoms with Crippen LogP contribution in [0.1, 0.15) is 18.5 Å². The maximum atomic E-state index is 4.17. The lowest BCUT2D eigenvalue weighted by molar-refractivity contribution is 0.234. The minimum atomic E-state index is 0.660. The van der Waals surface area contributed by atoms with Crippen molar-refractivity contribution in [1.29, 1.82) is 0 Å². The van der Waals surface area contributed by atoms with E-state index in [-0.39, 0.29) is 0 Å². The Kier molecular flexibility index (Phi) is 3.44. The molecule has 0 amide bonds. The molecular weight excluding hydrogens is 196 g/mol. The second-order valence-electron chi connectivity index (χ2n) is 3.86. The lowest BCUT2D eigenvalue weighted by Gasteiger charge is -2.29. The molecule has 0 atom stereocenters. The fourth-order valence-electron chi connectivity index (χ4n) is 1.72. The second-order valence-corrected chi connectivity index (χ2v) is 4.41. The van der Waals surface area contributed by atoms with Crippen LogP contribution in [0.2, 0.25) is 0 Å². The first-order valence-electron chi connectivity index (χ1n) is 5.03. The van der Waals surface area contributed by atoms with Crippen LogP contribution in [0.3, 0.4) is 0 Å². The molecule has 0 unspecified atom stereocenters. The van der Waals surface area contributed by atoms with Crippen LogP contribution in [0.25, 0.3) is 0 Å². The molecule has 2 rings (SSSR count). The highest BCUT2D eigenvalue weighted by molar-refractivity contribution is 6.99.